The van der Waals surface area contributed by atoms with Crippen LogP contribution in [0.2, 0.25) is 5.02 Å². The number of rotatable bonds is 7. The Hall–Kier alpha value is -1.90. The van der Waals surface area contributed by atoms with Crippen LogP contribution in [0.25, 0.3) is 0 Å². The molecule has 0 aliphatic carbocycles. The van der Waals surface area contributed by atoms with Gasteiger partial charge in [0.2, 0.25) is 0 Å². The maximum absolute atomic E-state index is 13.9. The van der Waals surface area contributed by atoms with Crippen LogP contribution in [0.3, 0.4) is 0 Å². The predicted octanol–water partition coefficient (Wildman–Crippen LogP) is 5.19. The standard InChI is InChI=1S/C21H23ClF3N3OS/c1-2-9-30-26-15-3-4-16(17(22)11-15)21(29)28-7-5-27(6-8-28)13-14-10-19(24)20(25)12-18(14)23/h3-4,10-12,26H,2,5-9,13H2,1H3. The molecule has 4 nitrogen and oxygen atoms in total. The van der Waals surface area contributed by atoms with Gasteiger partial charge in [0, 0.05) is 55.8 Å². The van der Waals surface area contributed by atoms with Gasteiger partial charge in [-0.3, -0.25) is 9.69 Å². The summed E-state index contributed by atoms with van der Waals surface area (Å²) in [5.74, 6) is -2.23. The number of amides is 1. The molecular formula is C21H23ClF3N3OS. The minimum atomic E-state index is -1.20. The van der Waals surface area contributed by atoms with E-state index in [1.54, 1.807) is 29.0 Å². The van der Waals surface area contributed by atoms with Crippen LogP contribution in [-0.2, 0) is 6.54 Å². The molecule has 162 valence electrons. The van der Waals surface area contributed by atoms with E-state index >= 15 is 0 Å². The number of hydrogen-bond acceptors (Lipinski definition) is 4. The molecule has 2 aromatic carbocycles. The normalized spacial score (nSPS) is 14.8. The van der Waals surface area contributed by atoms with Gasteiger partial charge in [-0.05, 0) is 30.7 Å². The first-order valence-corrected chi connectivity index (χ1v) is 11.1. The molecule has 0 saturated carbocycles. The Labute approximate surface area is 183 Å². The van der Waals surface area contributed by atoms with Crippen LogP contribution in [0.4, 0.5) is 18.9 Å². The van der Waals surface area contributed by atoms with Gasteiger partial charge in [0.15, 0.2) is 11.6 Å². The average molecular weight is 458 g/mol. The number of nitrogens with zero attached hydrogens (tertiary/aromatic N) is 2. The van der Waals surface area contributed by atoms with Crippen molar-refractivity contribution in [2.75, 3.05) is 36.7 Å². The Morgan fingerprint density at radius 1 is 1.07 bits per heavy atom. The number of hydrogen-bond donors (Lipinski definition) is 1. The Bertz CT molecular complexity index is 907. The van der Waals surface area contributed by atoms with Crippen molar-refractivity contribution in [3.05, 3.63) is 63.9 Å². The van der Waals surface area contributed by atoms with Gasteiger partial charge in [-0.15, -0.1) is 0 Å². The summed E-state index contributed by atoms with van der Waals surface area (Å²) in [6.07, 6.45) is 1.05. The second-order valence-electron chi connectivity index (χ2n) is 7.07. The highest BCUT2D eigenvalue weighted by Gasteiger charge is 2.24. The molecule has 1 N–H and O–H groups in total. The van der Waals surface area contributed by atoms with Crippen LogP contribution in [0, 0.1) is 17.5 Å². The third-order valence-corrected chi connectivity index (χ3v) is 6.14. The summed E-state index contributed by atoms with van der Waals surface area (Å²) >= 11 is 7.90. The average Bonchev–Trinajstić information content (AvgIpc) is 2.72. The van der Waals surface area contributed by atoms with Gasteiger partial charge in [-0.2, -0.15) is 0 Å². The number of carbonyl (C=O) groups is 1. The van der Waals surface area contributed by atoms with Crippen LogP contribution in [0.1, 0.15) is 29.3 Å². The SMILES string of the molecule is CCCSNc1ccc(C(=O)N2CCN(Cc3cc(F)c(F)cc3F)CC2)c(Cl)c1. The van der Waals surface area contributed by atoms with E-state index in [4.69, 9.17) is 11.6 Å². The topological polar surface area (TPSA) is 35.6 Å². The highest BCUT2D eigenvalue weighted by atomic mass is 35.5. The van der Waals surface area contributed by atoms with Crippen molar-refractivity contribution in [2.45, 2.75) is 19.9 Å². The van der Waals surface area contributed by atoms with Crippen molar-refractivity contribution < 1.29 is 18.0 Å². The molecule has 30 heavy (non-hydrogen) atoms. The van der Waals surface area contributed by atoms with Gasteiger partial charge in [0.25, 0.3) is 5.91 Å². The lowest BCUT2D eigenvalue weighted by Gasteiger charge is -2.35. The maximum atomic E-state index is 13.9. The summed E-state index contributed by atoms with van der Waals surface area (Å²) < 4.78 is 43.5. The molecule has 1 aliphatic heterocycles. The van der Waals surface area contributed by atoms with E-state index in [1.807, 2.05) is 11.0 Å². The van der Waals surface area contributed by atoms with E-state index < -0.39 is 17.5 Å². The van der Waals surface area contributed by atoms with E-state index in [2.05, 4.69) is 11.6 Å². The van der Waals surface area contributed by atoms with Crippen LogP contribution < -0.4 is 4.72 Å². The predicted molar refractivity (Wildman–Crippen MR) is 115 cm³/mol. The lowest BCUT2D eigenvalue weighted by molar-refractivity contribution is 0.0627. The molecule has 3 rings (SSSR count). The molecule has 0 spiro atoms. The Balaban J connectivity index is 1.57. The van der Waals surface area contributed by atoms with E-state index in [9.17, 15) is 18.0 Å². The third kappa shape index (κ3) is 5.62. The van der Waals surface area contributed by atoms with Crippen molar-refractivity contribution in [1.29, 1.82) is 0 Å². The summed E-state index contributed by atoms with van der Waals surface area (Å²) in [6, 6.07) is 6.72. The Morgan fingerprint density at radius 3 is 2.43 bits per heavy atom. The van der Waals surface area contributed by atoms with Gasteiger partial charge >= 0.3 is 0 Å². The zero-order valence-electron chi connectivity index (χ0n) is 16.6. The lowest BCUT2D eigenvalue weighted by atomic mass is 10.1. The summed E-state index contributed by atoms with van der Waals surface area (Å²) in [4.78, 5) is 16.4. The molecule has 0 radical (unpaired) electrons. The van der Waals surface area contributed by atoms with Crippen molar-refractivity contribution >= 4 is 35.1 Å². The van der Waals surface area contributed by atoms with Gasteiger partial charge in [-0.25, -0.2) is 13.2 Å². The first kappa shape index (κ1) is 22.8. The number of anilines is 1. The third-order valence-electron chi connectivity index (χ3n) is 4.84. The van der Waals surface area contributed by atoms with Crippen LogP contribution in [0.15, 0.2) is 30.3 Å². The minimum Gasteiger partial charge on any atom is -0.336 e. The van der Waals surface area contributed by atoms with Crippen LogP contribution in [-0.4, -0.2) is 47.6 Å². The minimum absolute atomic E-state index is 0.0979. The fourth-order valence-electron chi connectivity index (χ4n) is 3.19. The molecule has 1 aliphatic rings. The molecule has 1 amide bonds. The van der Waals surface area contributed by atoms with Crippen molar-refractivity contribution in [1.82, 2.24) is 9.80 Å². The van der Waals surface area contributed by atoms with Gasteiger partial charge in [0.05, 0.1) is 10.6 Å². The fraction of sp³-hybridized carbons (Fsp3) is 0.381. The summed E-state index contributed by atoms with van der Waals surface area (Å²) in [5, 5.41) is 0.383. The molecule has 0 bridgehead atoms. The monoisotopic (exact) mass is 457 g/mol. The number of piperazine rings is 1. The molecule has 0 aromatic heterocycles. The number of halogens is 4. The molecule has 1 heterocycles. The van der Waals surface area contributed by atoms with Gasteiger partial charge < -0.3 is 9.62 Å². The number of nitrogens with one attached hydrogen (secondary N) is 1. The first-order chi connectivity index (χ1) is 14.4. The number of carbonyl (C=O) groups excluding carboxylic acids is 1. The Kier molecular flexibility index (Phi) is 7.91. The van der Waals surface area contributed by atoms with E-state index in [-0.39, 0.29) is 18.0 Å². The molecular weight excluding hydrogens is 435 g/mol. The molecule has 1 fully saturated rings. The second kappa shape index (κ2) is 10.4. The highest BCUT2D eigenvalue weighted by molar-refractivity contribution is 8.00. The second-order valence-corrected chi connectivity index (χ2v) is 8.38. The molecule has 2 aromatic rings. The summed E-state index contributed by atoms with van der Waals surface area (Å²) in [7, 11) is 0. The van der Waals surface area contributed by atoms with Crippen molar-refractivity contribution in [3.63, 3.8) is 0 Å². The quantitative estimate of drug-likeness (QED) is 0.353. The van der Waals surface area contributed by atoms with E-state index in [1.165, 1.54) is 0 Å². The Morgan fingerprint density at radius 2 is 1.77 bits per heavy atom. The zero-order chi connectivity index (χ0) is 21.7. The smallest absolute Gasteiger partial charge is 0.255 e. The molecule has 0 unspecified atom stereocenters. The van der Waals surface area contributed by atoms with E-state index in [0.29, 0.717) is 42.8 Å². The number of benzene rings is 2. The van der Waals surface area contributed by atoms with Crippen molar-refractivity contribution in [2.24, 2.45) is 0 Å². The van der Waals surface area contributed by atoms with E-state index in [0.717, 1.165) is 23.9 Å². The molecule has 0 atom stereocenters. The van der Waals surface area contributed by atoms with Gasteiger partial charge in [0.1, 0.15) is 5.82 Å². The van der Waals surface area contributed by atoms with Crippen LogP contribution >= 0.6 is 23.5 Å². The molecule has 1 saturated heterocycles. The summed E-state index contributed by atoms with van der Waals surface area (Å²) in [5.41, 5.74) is 1.37. The van der Waals surface area contributed by atoms with Crippen molar-refractivity contribution in [3.8, 4) is 0 Å². The fourth-order valence-corrected chi connectivity index (χ4v) is 4.05. The first-order valence-electron chi connectivity index (χ1n) is 9.71. The largest absolute Gasteiger partial charge is 0.336 e. The zero-order valence-corrected chi connectivity index (χ0v) is 18.1. The summed E-state index contributed by atoms with van der Waals surface area (Å²) in [6.45, 7) is 4.11. The maximum Gasteiger partial charge on any atom is 0.255 e. The van der Waals surface area contributed by atoms with Crippen LogP contribution in [0.5, 0.6) is 0 Å². The lowest BCUT2D eigenvalue weighted by Crippen LogP contribution is -2.48. The highest BCUT2D eigenvalue weighted by Crippen LogP contribution is 2.25. The molecule has 9 heteroatoms. The van der Waals surface area contributed by atoms with Gasteiger partial charge in [-0.1, -0.05) is 30.5 Å².